The summed E-state index contributed by atoms with van der Waals surface area (Å²) in [7, 11) is 0. The lowest BCUT2D eigenvalue weighted by atomic mass is 10.2. The molecule has 1 aliphatic heterocycles. The van der Waals surface area contributed by atoms with Crippen molar-refractivity contribution in [2.75, 3.05) is 11.4 Å². The number of hydrogen-bond donors (Lipinski definition) is 0. The summed E-state index contributed by atoms with van der Waals surface area (Å²) in [6, 6.07) is 1.56. The van der Waals surface area contributed by atoms with Gasteiger partial charge in [-0.2, -0.15) is 0 Å². The number of rotatable bonds is 2. The molecule has 0 radical (unpaired) electrons. The van der Waals surface area contributed by atoms with Gasteiger partial charge in [0.1, 0.15) is 0 Å². The summed E-state index contributed by atoms with van der Waals surface area (Å²) in [6.07, 6.45) is 1.82. The van der Waals surface area contributed by atoms with E-state index >= 15 is 0 Å². The molecule has 1 fully saturated rings. The molecule has 1 aromatic heterocycles. The highest BCUT2D eigenvalue weighted by Crippen LogP contribution is 2.32. The third-order valence-corrected chi connectivity index (χ3v) is 3.24. The number of nitrogens with zero attached hydrogens (tertiary/aromatic N) is 3. The highest BCUT2D eigenvalue weighted by Gasteiger charge is 2.34. The van der Waals surface area contributed by atoms with Gasteiger partial charge in [-0.1, -0.05) is 15.9 Å². The Morgan fingerprint density at radius 2 is 2.35 bits per heavy atom. The van der Waals surface area contributed by atoms with Crippen molar-refractivity contribution in [3.05, 3.63) is 27.9 Å². The largest absolute Gasteiger partial charge is 0.314 e. The van der Waals surface area contributed by atoms with E-state index in [0.717, 1.165) is 0 Å². The number of pyridine rings is 1. The van der Waals surface area contributed by atoms with E-state index < -0.39 is 4.92 Å². The first-order chi connectivity index (χ1) is 8.00. The first-order valence-electron chi connectivity index (χ1n) is 5.05. The second-order valence-electron chi connectivity index (χ2n) is 3.86. The predicted molar refractivity (Wildman–Crippen MR) is 65.3 cm³/mol. The van der Waals surface area contributed by atoms with E-state index in [9.17, 15) is 14.9 Å². The van der Waals surface area contributed by atoms with Gasteiger partial charge in [-0.15, -0.1) is 0 Å². The Kier molecular flexibility index (Phi) is 3.10. The highest BCUT2D eigenvalue weighted by atomic mass is 79.9. The minimum absolute atomic E-state index is 0.0249. The second kappa shape index (κ2) is 4.40. The molecule has 0 aliphatic carbocycles. The molecule has 1 aliphatic rings. The third-order valence-electron chi connectivity index (χ3n) is 2.62. The highest BCUT2D eigenvalue weighted by molar-refractivity contribution is 9.09. The minimum atomic E-state index is -0.494. The zero-order valence-electron chi connectivity index (χ0n) is 9.09. The molecule has 1 atom stereocenters. The maximum Gasteiger partial charge on any atom is 0.314 e. The number of aryl methyl sites for hydroxylation is 1. The molecule has 0 saturated carbocycles. The summed E-state index contributed by atoms with van der Waals surface area (Å²) in [4.78, 5) is 27.6. The number of alkyl halides is 1. The van der Waals surface area contributed by atoms with Crippen LogP contribution in [0.5, 0.6) is 0 Å². The molecule has 2 heterocycles. The van der Waals surface area contributed by atoms with Gasteiger partial charge in [0.15, 0.2) is 0 Å². The van der Waals surface area contributed by atoms with Crippen LogP contribution in [0.2, 0.25) is 0 Å². The van der Waals surface area contributed by atoms with E-state index in [0.29, 0.717) is 18.5 Å². The van der Waals surface area contributed by atoms with Crippen LogP contribution < -0.4 is 4.90 Å². The van der Waals surface area contributed by atoms with E-state index in [1.54, 1.807) is 13.0 Å². The number of amides is 1. The number of carbonyl (C=O) groups excluding carboxylic acids is 1. The average Bonchev–Trinajstić information content (AvgIpc) is 2.56. The Bertz CT molecular complexity index is 492. The van der Waals surface area contributed by atoms with E-state index in [1.807, 2.05) is 0 Å². The lowest BCUT2D eigenvalue weighted by Gasteiger charge is -2.15. The van der Waals surface area contributed by atoms with Gasteiger partial charge in [0.2, 0.25) is 11.7 Å². The fourth-order valence-electron chi connectivity index (χ4n) is 1.83. The van der Waals surface area contributed by atoms with Crippen molar-refractivity contribution in [3.63, 3.8) is 0 Å². The summed E-state index contributed by atoms with van der Waals surface area (Å²) in [6.45, 7) is 2.05. The van der Waals surface area contributed by atoms with Crippen molar-refractivity contribution in [1.29, 1.82) is 0 Å². The molecule has 0 bridgehead atoms. The number of anilines is 1. The van der Waals surface area contributed by atoms with Crippen LogP contribution in [-0.2, 0) is 4.79 Å². The number of aromatic nitrogens is 1. The Morgan fingerprint density at radius 1 is 1.65 bits per heavy atom. The Labute approximate surface area is 106 Å². The normalized spacial score (nSPS) is 19.8. The van der Waals surface area contributed by atoms with Gasteiger partial charge >= 0.3 is 5.69 Å². The molecule has 1 unspecified atom stereocenters. The van der Waals surface area contributed by atoms with Crippen molar-refractivity contribution in [3.8, 4) is 0 Å². The van der Waals surface area contributed by atoms with Crippen molar-refractivity contribution in [2.45, 2.75) is 18.2 Å². The summed E-state index contributed by atoms with van der Waals surface area (Å²) < 4.78 is 0. The van der Waals surface area contributed by atoms with Crippen LogP contribution in [0.4, 0.5) is 11.5 Å². The molecule has 17 heavy (non-hydrogen) atoms. The van der Waals surface area contributed by atoms with Crippen LogP contribution in [0, 0.1) is 17.0 Å². The third kappa shape index (κ3) is 2.14. The quantitative estimate of drug-likeness (QED) is 0.474. The van der Waals surface area contributed by atoms with E-state index in [1.165, 1.54) is 11.1 Å². The lowest BCUT2D eigenvalue weighted by molar-refractivity contribution is -0.384. The van der Waals surface area contributed by atoms with Gasteiger partial charge in [0.25, 0.3) is 0 Å². The molecule has 1 aromatic rings. The molecule has 1 amide bonds. The van der Waals surface area contributed by atoms with Crippen molar-refractivity contribution in [1.82, 2.24) is 4.98 Å². The smallest absolute Gasteiger partial charge is 0.290 e. The van der Waals surface area contributed by atoms with Crippen LogP contribution in [0.15, 0.2) is 12.3 Å². The molecular weight excluding hydrogens is 290 g/mol. The van der Waals surface area contributed by atoms with Crippen LogP contribution in [0.1, 0.15) is 12.0 Å². The molecule has 0 N–H and O–H groups in total. The lowest BCUT2D eigenvalue weighted by Crippen LogP contribution is -2.26. The van der Waals surface area contributed by atoms with Gasteiger partial charge in [0, 0.05) is 29.6 Å². The van der Waals surface area contributed by atoms with Crippen molar-refractivity contribution in [2.24, 2.45) is 0 Å². The average molecular weight is 300 g/mol. The maximum absolute atomic E-state index is 11.7. The van der Waals surface area contributed by atoms with Crippen LogP contribution >= 0.6 is 15.9 Å². The summed E-state index contributed by atoms with van der Waals surface area (Å²) >= 11 is 3.34. The summed E-state index contributed by atoms with van der Waals surface area (Å²) in [5.41, 5.74) is 0.410. The fraction of sp³-hybridized carbons (Fsp3) is 0.400. The van der Waals surface area contributed by atoms with Crippen LogP contribution in [-0.4, -0.2) is 27.2 Å². The van der Waals surface area contributed by atoms with Crippen molar-refractivity contribution >= 4 is 33.3 Å². The Balaban J connectivity index is 2.49. The molecular formula is C10H10BrN3O3. The van der Waals surface area contributed by atoms with Gasteiger partial charge in [-0.3, -0.25) is 19.8 Å². The van der Waals surface area contributed by atoms with Crippen LogP contribution in [0.3, 0.4) is 0 Å². The van der Waals surface area contributed by atoms with Gasteiger partial charge in [-0.05, 0) is 13.0 Å². The number of nitro groups is 1. The summed E-state index contributed by atoms with van der Waals surface area (Å²) in [5, 5.41) is 11.0. The molecule has 7 heteroatoms. The molecule has 0 aromatic carbocycles. The maximum atomic E-state index is 11.7. The van der Waals surface area contributed by atoms with E-state index in [2.05, 4.69) is 20.9 Å². The van der Waals surface area contributed by atoms with Crippen molar-refractivity contribution < 1.29 is 9.72 Å². The number of hydrogen-bond acceptors (Lipinski definition) is 4. The number of carbonyl (C=O) groups is 1. The fourth-order valence-corrected chi connectivity index (χ4v) is 2.39. The first-order valence-corrected chi connectivity index (χ1v) is 5.96. The number of halogens is 1. The summed E-state index contributed by atoms with van der Waals surface area (Å²) in [5.74, 6) is -0.00461. The molecule has 6 nitrogen and oxygen atoms in total. The Hall–Kier alpha value is -1.50. The molecule has 2 rings (SSSR count). The Morgan fingerprint density at radius 3 is 2.88 bits per heavy atom. The van der Waals surface area contributed by atoms with Gasteiger partial charge < -0.3 is 0 Å². The molecule has 1 saturated heterocycles. The standard InChI is InChI=1S/C10H10BrN3O3/c1-6-2-3-12-10(9(6)14(16)17)13-5-7(11)4-8(13)15/h2-3,7H,4-5H2,1H3. The van der Waals surface area contributed by atoms with Gasteiger partial charge in [0.05, 0.1) is 4.92 Å². The SMILES string of the molecule is Cc1ccnc(N2CC(Br)CC2=O)c1[N+](=O)[O-]. The topological polar surface area (TPSA) is 76.3 Å². The minimum Gasteiger partial charge on any atom is -0.290 e. The van der Waals surface area contributed by atoms with E-state index in [-0.39, 0.29) is 22.2 Å². The zero-order chi connectivity index (χ0) is 12.6. The first kappa shape index (κ1) is 12.0. The predicted octanol–water partition coefficient (Wildman–Crippen LogP) is 1.80. The van der Waals surface area contributed by atoms with E-state index in [4.69, 9.17) is 0 Å². The zero-order valence-corrected chi connectivity index (χ0v) is 10.7. The monoisotopic (exact) mass is 299 g/mol. The molecule has 0 spiro atoms. The molecule has 90 valence electrons. The van der Waals surface area contributed by atoms with Gasteiger partial charge in [-0.25, -0.2) is 4.98 Å². The second-order valence-corrected chi connectivity index (χ2v) is 5.16. The van der Waals surface area contributed by atoms with Crippen LogP contribution in [0.25, 0.3) is 0 Å².